The summed E-state index contributed by atoms with van der Waals surface area (Å²) >= 11 is 0. The van der Waals surface area contributed by atoms with Crippen LogP contribution < -0.4 is 21.5 Å². The first-order chi connectivity index (χ1) is 17.3. The van der Waals surface area contributed by atoms with Crippen molar-refractivity contribution in [1.29, 1.82) is 0 Å². The molecule has 4 N–H and O–H groups in total. The number of nitrogens with two attached hydrogens (primary N) is 1. The number of likely N-dealkylation sites (N-methyl/N-ethyl adjacent to an activating group) is 1. The normalized spacial score (nSPS) is 18.6. The van der Waals surface area contributed by atoms with Crippen LogP contribution in [0.4, 0.5) is 34.8 Å². The standard InChI is InChI=1S/C25H26F4N6O2/c1-13-11-35(12-14(2)34(13)3)21-8-19(26)16(15-4-5-22(30)31-9-15)6-20(21)33-24(37)17-10-32-23(36)7-18(17)25(27,28)29/h4-10,13-14H,11-12H2,1-3H3,(H2,30,31)(H,32,36)(H,33,37)/t13-,14+. The van der Waals surface area contributed by atoms with Gasteiger partial charge in [0.15, 0.2) is 0 Å². The third kappa shape index (κ3) is 5.43. The molecule has 0 radical (unpaired) electrons. The maximum Gasteiger partial charge on any atom is 0.417 e. The first-order valence-electron chi connectivity index (χ1n) is 11.5. The second-order valence-corrected chi connectivity index (χ2v) is 9.17. The number of rotatable bonds is 4. The molecule has 1 aromatic carbocycles. The number of aromatic amines is 1. The van der Waals surface area contributed by atoms with Gasteiger partial charge in [0.1, 0.15) is 11.6 Å². The molecule has 0 spiro atoms. The zero-order valence-electron chi connectivity index (χ0n) is 20.4. The van der Waals surface area contributed by atoms with Crippen molar-refractivity contribution in [2.45, 2.75) is 32.1 Å². The van der Waals surface area contributed by atoms with Crippen LogP contribution in [-0.4, -0.2) is 53.0 Å². The molecule has 2 atom stereocenters. The summed E-state index contributed by atoms with van der Waals surface area (Å²) in [5.41, 5.74) is 3.38. The predicted octanol–water partition coefficient (Wildman–Crippen LogP) is 3.96. The van der Waals surface area contributed by atoms with Crippen molar-refractivity contribution in [1.82, 2.24) is 14.9 Å². The molecule has 196 valence electrons. The summed E-state index contributed by atoms with van der Waals surface area (Å²) in [4.78, 5) is 34.8. The number of hydrogen-bond acceptors (Lipinski definition) is 6. The topological polar surface area (TPSA) is 107 Å². The van der Waals surface area contributed by atoms with E-state index >= 15 is 4.39 Å². The zero-order chi connectivity index (χ0) is 27.1. The second-order valence-electron chi connectivity index (χ2n) is 9.17. The lowest BCUT2D eigenvalue weighted by molar-refractivity contribution is -0.138. The average Bonchev–Trinajstić information content (AvgIpc) is 2.83. The van der Waals surface area contributed by atoms with Gasteiger partial charge >= 0.3 is 6.18 Å². The van der Waals surface area contributed by atoms with E-state index in [0.29, 0.717) is 36.6 Å². The molecule has 0 bridgehead atoms. The average molecular weight is 519 g/mol. The van der Waals surface area contributed by atoms with E-state index in [1.165, 1.54) is 24.4 Å². The Morgan fingerprint density at radius 2 is 1.84 bits per heavy atom. The van der Waals surface area contributed by atoms with E-state index in [9.17, 15) is 22.8 Å². The maximum absolute atomic E-state index is 15.4. The fraction of sp³-hybridized carbons (Fsp3) is 0.320. The van der Waals surface area contributed by atoms with Gasteiger partial charge in [0, 0.05) is 54.8 Å². The molecule has 0 aliphatic carbocycles. The number of benzene rings is 1. The van der Waals surface area contributed by atoms with Crippen molar-refractivity contribution >= 4 is 23.1 Å². The van der Waals surface area contributed by atoms with Gasteiger partial charge in [-0.1, -0.05) is 0 Å². The molecule has 1 fully saturated rings. The maximum atomic E-state index is 15.4. The highest BCUT2D eigenvalue weighted by Crippen LogP contribution is 2.37. The molecule has 1 aliphatic rings. The Morgan fingerprint density at radius 1 is 1.16 bits per heavy atom. The van der Waals surface area contributed by atoms with E-state index < -0.39 is 34.6 Å². The minimum absolute atomic E-state index is 0.0827. The minimum Gasteiger partial charge on any atom is -0.384 e. The molecule has 1 aliphatic heterocycles. The molecule has 0 unspecified atom stereocenters. The van der Waals surface area contributed by atoms with Crippen LogP contribution in [0.15, 0.2) is 47.5 Å². The van der Waals surface area contributed by atoms with Crippen molar-refractivity contribution in [3.63, 3.8) is 0 Å². The van der Waals surface area contributed by atoms with Gasteiger partial charge in [-0.05, 0) is 45.2 Å². The molecule has 37 heavy (non-hydrogen) atoms. The van der Waals surface area contributed by atoms with Crippen molar-refractivity contribution in [3.8, 4) is 11.1 Å². The molecule has 1 amide bonds. The molecule has 8 nitrogen and oxygen atoms in total. The van der Waals surface area contributed by atoms with Gasteiger partial charge in [0.2, 0.25) is 5.56 Å². The number of nitrogens with one attached hydrogen (secondary N) is 2. The summed E-state index contributed by atoms with van der Waals surface area (Å²) in [6.45, 7) is 5.00. The lowest BCUT2D eigenvalue weighted by atomic mass is 10.0. The summed E-state index contributed by atoms with van der Waals surface area (Å²) in [5.74, 6) is -1.47. The predicted molar refractivity (Wildman–Crippen MR) is 133 cm³/mol. The van der Waals surface area contributed by atoms with Crippen molar-refractivity contribution < 1.29 is 22.4 Å². The van der Waals surface area contributed by atoms with Gasteiger partial charge in [-0.15, -0.1) is 0 Å². The van der Waals surface area contributed by atoms with E-state index in [1.54, 1.807) is 6.07 Å². The molecular formula is C25H26F4N6O2. The summed E-state index contributed by atoms with van der Waals surface area (Å²) in [5, 5.41) is 2.52. The molecule has 1 saturated heterocycles. The van der Waals surface area contributed by atoms with E-state index in [0.717, 1.165) is 0 Å². The number of piperazine rings is 1. The number of amides is 1. The number of carbonyl (C=O) groups excluding carboxylic acids is 1. The van der Waals surface area contributed by atoms with Gasteiger partial charge in [-0.2, -0.15) is 13.2 Å². The Balaban J connectivity index is 1.81. The van der Waals surface area contributed by atoms with Crippen LogP contribution in [0.5, 0.6) is 0 Å². The summed E-state index contributed by atoms with van der Waals surface area (Å²) in [6.07, 6.45) is -2.85. The molecule has 12 heteroatoms. The summed E-state index contributed by atoms with van der Waals surface area (Å²) in [7, 11) is 1.97. The number of hydrogen-bond donors (Lipinski definition) is 3. The number of alkyl halides is 3. The monoisotopic (exact) mass is 518 g/mol. The van der Waals surface area contributed by atoms with Crippen molar-refractivity contribution in [3.05, 3.63) is 70.0 Å². The highest BCUT2D eigenvalue weighted by Gasteiger charge is 2.36. The van der Waals surface area contributed by atoms with Crippen LogP contribution in [0.2, 0.25) is 0 Å². The number of pyridine rings is 2. The molecule has 4 rings (SSSR count). The number of nitrogens with zero attached hydrogens (tertiary/aromatic N) is 3. The first kappa shape index (κ1) is 26.1. The Morgan fingerprint density at radius 3 is 2.43 bits per heavy atom. The van der Waals surface area contributed by atoms with Gasteiger partial charge in [-0.25, -0.2) is 9.37 Å². The fourth-order valence-corrected chi connectivity index (χ4v) is 4.40. The summed E-state index contributed by atoms with van der Waals surface area (Å²) < 4.78 is 56.1. The highest BCUT2D eigenvalue weighted by molar-refractivity contribution is 6.07. The van der Waals surface area contributed by atoms with Crippen molar-refractivity contribution in [2.75, 3.05) is 36.1 Å². The minimum atomic E-state index is -4.93. The number of nitrogen functional groups attached to an aromatic ring is 1. The van der Waals surface area contributed by atoms with E-state index in [4.69, 9.17) is 5.73 Å². The van der Waals surface area contributed by atoms with Gasteiger partial charge in [0.05, 0.1) is 22.5 Å². The van der Waals surface area contributed by atoms with Crippen LogP contribution in [0.25, 0.3) is 11.1 Å². The van der Waals surface area contributed by atoms with Crippen LogP contribution in [-0.2, 0) is 6.18 Å². The molecule has 3 heterocycles. The molecule has 0 saturated carbocycles. The smallest absolute Gasteiger partial charge is 0.384 e. The molecule has 2 aromatic heterocycles. The van der Waals surface area contributed by atoms with Gasteiger partial charge in [-0.3, -0.25) is 14.5 Å². The molecule has 3 aromatic rings. The Labute approximate surface area is 210 Å². The number of aromatic nitrogens is 2. The van der Waals surface area contributed by atoms with Gasteiger partial charge < -0.3 is 20.9 Å². The van der Waals surface area contributed by atoms with Gasteiger partial charge in [0.25, 0.3) is 5.91 Å². The van der Waals surface area contributed by atoms with E-state index in [-0.39, 0.29) is 29.2 Å². The Kier molecular flexibility index (Phi) is 6.96. The second kappa shape index (κ2) is 9.85. The third-order valence-electron chi connectivity index (χ3n) is 6.61. The number of H-pyrrole nitrogens is 1. The number of halogens is 4. The van der Waals surface area contributed by atoms with E-state index in [1.807, 2.05) is 25.8 Å². The number of carbonyl (C=O) groups is 1. The van der Waals surface area contributed by atoms with Crippen LogP contribution in [0, 0.1) is 5.82 Å². The Hall–Kier alpha value is -3.93. The van der Waals surface area contributed by atoms with E-state index in [2.05, 4.69) is 20.2 Å². The third-order valence-corrected chi connectivity index (χ3v) is 6.61. The fourth-order valence-electron chi connectivity index (χ4n) is 4.40. The first-order valence-corrected chi connectivity index (χ1v) is 11.5. The van der Waals surface area contributed by atoms with Crippen LogP contribution >= 0.6 is 0 Å². The highest BCUT2D eigenvalue weighted by atomic mass is 19.4. The SMILES string of the molecule is C[C@@H]1CN(c2cc(F)c(-c3ccc(N)nc3)cc2NC(=O)c2c[nH]c(=O)cc2C(F)(F)F)C[C@H](C)N1C. The van der Waals surface area contributed by atoms with Crippen LogP contribution in [0.1, 0.15) is 29.8 Å². The number of anilines is 3. The Bertz CT molecular complexity index is 1360. The molecular weight excluding hydrogens is 492 g/mol. The zero-order valence-corrected chi connectivity index (χ0v) is 20.4. The lowest BCUT2D eigenvalue weighted by Crippen LogP contribution is -2.55. The van der Waals surface area contributed by atoms with Crippen LogP contribution in [0.3, 0.4) is 0 Å². The lowest BCUT2D eigenvalue weighted by Gasteiger charge is -2.44. The summed E-state index contributed by atoms with van der Waals surface area (Å²) in [6, 6.07) is 6.16. The van der Waals surface area contributed by atoms with Crippen molar-refractivity contribution in [2.24, 2.45) is 0 Å². The largest absolute Gasteiger partial charge is 0.417 e. The quantitative estimate of drug-likeness (QED) is 0.452.